The van der Waals surface area contributed by atoms with E-state index in [1.165, 1.54) is 0 Å². The fraction of sp³-hybridized carbons (Fsp3) is 0.250. The maximum atomic E-state index is 11.6. The highest BCUT2D eigenvalue weighted by Crippen LogP contribution is 2.11. The van der Waals surface area contributed by atoms with Crippen molar-refractivity contribution in [2.24, 2.45) is 0 Å². The first kappa shape index (κ1) is 14.8. The zero-order valence-corrected chi connectivity index (χ0v) is 12.2. The summed E-state index contributed by atoms with van der Waals surface area (Å²) in [6.45, 7) is 0.658. The number of amides is 1. The van der Waals surface area contributed by atoms with E-state index in [4.69, 9.17) is 4.74 Å². The minimum Gasteiger partial charge on any atom is -0.445 e. The molecule has 0 fully saturated rings. The normalized spacial score (nSPS) is 10.0. The highest BCUT2D eigenvalue weighted by Gasteiger charge is 2.04. The zero-order chi connectivity index (χ0) is 15.1. The molecule has 0 bridgehead atoms. The van der Waals surface area contributed by atoms with Crippen LogP contribution in [0.1, 0.15) is 11.1 Å². The van der Waals surface area contributed by atoms with Gasteiger partial charge in [0, 0.05) is 26.8 Å². The molecule has 0 spiro atoms. The van der Waals surface area contributed by atoms with Crippen LogP contribution in [-0.4, -0.2) is 25.2 Å². The van der Waals surface area contributed by atoms with Gasteiger partial charge in [-0.05, 0) is 17.2 Å². The minimum atomic E-state index is -0.436. The average molecular weight is 285 g/mol. The molecule has 110 valence electrons. The maximum Gasteiger partial charge on any atom is 0.407 e. The fourth-order valence-electron chi connectivity index (χ4n) is 1.76. The number of ether oxygens (including phenoxy) is 1. The monoisotopic (exact) mass is 285 g/mol. The molecule has 0 aliphatic heterocycles. The molecular weight excluding hydrogens is 266 g/mol. The molecule has 0 aliphatic carbocycles. The van der Waals surface area contributed by atoms with Crippen molar-refractivity contribution >= 4 is 11.8 Å². The maximum absolute atomic E-state index is 11.6. The largest absolute Gasteiger partial charge is 0.445 e. The van der Waals surface area contributed by atoms with Crippen LogP contribution in [0.4, 0.5) is 10.5 Å². The first-order valence-corrected chi connectivity index (χ1v) is 6.71. The Bertz CT molecular complexity index is 585. The first-order valence-electron chi connectivity index (χ1n) is 6.71. The summed E-state index contributed by atoms with van der Waals surface area (Å²) in [4.78, 5) is 17.8. The molecule has 0 aliphatic rings. The molecule has 2 aromatic rings. The number of carbonyl (C=O) groups excluding carboxylic acids is 1. The summed E-state index contributed by atoms with van der Waals surface area (Å²) in [6, 6.07) is 11.6. The van der Waals surface area contributed by atoms with Gasteiger partial charge in [-0.25, -0.2) is 4.79 Å². The van der Waals surface area contributed by atoms with Gasteiger partial charge in [-0.1, -0.05) is 30.3 Å². The summed E-state index contributed by atoms with van der Waals surface area (Å²) in [7, 11) is 3.89. The average Bonchev–Trinajstić information content (AvgIpc) is 2.52. The number of carbonyl (C=O) groups is 1. The predicted octanol–water partition coefficient (Wildman–Crippen LogP) is 2.57. The molecule has 0 unspecified atom stereocenters. The number of benzene rings is 1. The topological polar surface area (TPSA) is 54.5 Å². The van der Waals surface area contributed by atoms with Crippen LogP contribution in [-0.2, 0) is 17.9 Å². The lowest BCUT2D eigenvalue weighted by Crippen LogP contribution is -2.23. The van der Waals surface area contributed by atoms with E-state index in [0.717, 1.165) is 16.8 Å². The Hall–Kier alpha value is -2.56. The van der Waals surface area contributed by atoms with Gasteiger partial charge in [-0.15, -0.1) is 0 Å². The third-order valence-electron chi connectivity index (χ3n) is 2.95. The number of hydrogen-bond donors (Lipinski definition) is 1. The van der Waals surface area contributed by atoms with Crippen LogP contribution in [0.5, 0.6) is 0 Å². The third-order valence-corrected chi connectivity index (χ3v) is 2.95. The van der Waals surface area contributed by atoms with Crippen molar-refractivity contribution in [3.63, 3.8) is 0 Å². The Morgan fingerprint density at radius 1 is 1.19 bits per heavy atom. The van der Waals surface area contributed by atoms with Gasteiger partial charge in [-0.3, -0.25) is 4.98 Å². The van der Waals surface area contributed by atoms with E-state index >= 15 is 0 Å². The van der Waals surface area contributed by atoms with Crippen LogP contribution in [0.2, 0.25) is 0 Å². The zero-order valence-electron chi connectivity index (χ0n) is 12.2. The Kier molecular flexibility index (Phi) is 5.15. The quantitative estimate of drug-likeness (QED) is 0.917. The fourth-order valence-corrected chi connectivity index (χ4v) is 1.76. The van der Waals surface area contributed by atoms with Crippen molar-refractivity contribution in [1.29, 1.82) is 0 Å². The summed E-state index contributed by atoms with van der Waals surface area (Å²) in [5.74, 6) is 0. The molecule has 0 radical (unpaired) electrons. The smallest absolute Gasteiger partial charge is 0.407 e. The van der Waals surface area contributed by atoms with E-state index < -0.39 is 6.09 Å². The van der Waals surface area contributed by atoms with Crippen molar-refractivity contribution in [2.45, 2.75) is 13.2 Å². The van der Waals surface area contributed by atoms with Crippen molar-refractivity contribution in [3.8, 4) is 0 Å². The molecule has 21 heavy (non-hydrogen) atoms. The summed E-state index contributed by atoms with van der Waals surface area (Å²) >= 11 is 0. The molecule has 1 aromatic heterocycles. The Balaban J connectivity index is 1.80. The second-order valence-corrected chi connectivity index (χ2v) is 4.86. The second kappa shape index (κ2) is 7.28. The molecule has 0 atom stereocenters. The summed E-state index contributed by atoms with van der Waals surface area (Å²) in [5.41, 5.74) is 2.88. The number of nitrogens with zero attached hydrogens (tertiary/aromatic N) is 2. The van der Waals surface area contributed by atoms with E-state index in [-0.39, 0.29) is 6.61 Å². The molecule has 5 nitrogen and oxygen atoms in total. The van der Waals surface area contributed by atoms with Crippen molar-refractivity contribution in [1.82, 2.24) is 10.3 Å². The van der Waals surface area contributed by atoms with Crippen molar-refractivity contribution < 1.29 is 9.53 Å². The highest BCUT2D eigenvalue weighted by atomic mass is 16.5. The van der Waals surface area contributed by atoms with E-state index in [0.29, 0.717) is 6.54 Å². The lowest BCUT2D eigenvalue weighted by Gasteiger charge is -2.13. The van der Waals surface area contributed by atoms with Gasteiger partial charge in [0.2, 0.25) is 0 Å². The molecule has 0 saturated carbocycles. The predicted molar refractivity (Wildman–Crippen MR) is 82.0 cm³/mol. The number of alkyl carbamates (subject to hydrolysis) is 1. The number of rotatable bonds is 5. The first-order chi connectivity index (χ1) is 10.1. The van der Waals surface area contributed by atoms with E-state index in [9.17, 15) is 4.79 Å². The van der Waals surface area contributed by atoms with Crippen LogP contribution < -0.4 is 10.2 Å². The molecule has 1 heterocycles. The van der Waals surface area contributed by atoms with Crippen molar-refractivity contribution in [2.75, 3.05) is 19.0 Å². The molecule has 2 rings (SSSR count). The molecule has 0 saturated heterocycles. The lowest BCUT2D eigenvalue weighted by atomic mass is 10.2. The molecular formula is C16H19N3O2. The minimum absolute atomic E-state index is 0.267. The van der Waals surface area contributed by atoms with Crippen LogP contribution in [0, 0.1) is 0 Å². The van der Waals surface area contributed by atoms with E-state index in [2.05, 4.69) is 10.3 Å². The SMILES string of the molecule is CN(C)c1cncc(CNC(=O)OCc2ccccc2)c1. The van der Waals surface area contributed by atoms with Gasteiger partial charge in [0.25, 0.3) is 0 Å². The molecule has 1 N–H and O–H groups in total. The van der Waals surface area contributed by atoms with Crippen LogP contribution in [0.25, 0.3) is 0 Å². The number of anilines is 1. The Morgan fingerprint density at radius 3 is 2.67 bits per heavy atom. The Morgan fingerprint density at radius 2 is 1.95 bits per heavy atom. The number of hydrogen-bond acceptors (Lipinski definition) is 4. The number of nitrogens with one attached hydrogen (secondary N) is 1. The molecule has 1 amide bonds. The van der Waals surface area contributed by atoms with E-state index in [1.54, 1.807) is 12.4 Å². The Labute approximate surface area is 124 Å². The standard InChI is InChI=1S/C16H19N3O2/c1-19(2)15-8-14(9-17-11-15)10-18-16(20)21-12-13-6-4-3-5-7-13/h3-9,11H,10,12H2,1-2H3,(H,18,20). The van der Waals surface area contributed by atoms with Gasteiger partial charge in [0.1, 0.15) is 6.61 Å². The summed E-state index contributed by atoms with van der Waals surface area (Å²) in [6.07, 6.45) is 3.07. The van der Waals surface area contributed by atoms with Gasteiger partial charge in [0.15, 0.2) is 0 Å². The van der Waals surface area contributed by atoms with Gasteiger partial charge in [-0.2, -0.15) is 0 Å². The van der Waals surface area contributed by atoms with Gasteiger partial charge in [0.05, 0.1) is 11.9 Å². The van der Waals surface area contributed by atoms with Gasteiger partial charge < -0.3 is 15.0 Å². The van der Waals surface area contributed by atoms with E-state index in [1.807, 2.05) is 55.4 Å². The summed E-state index contributed by atoms with van der Waals surface area (Å²) in [5, 5.41) is 2.72. The second-order valence-electron chi connectivity index (χ2n) is 4.86. The highest BCUT2D eigenvalue weighted by molar-refractivity contribution is 5.67. The number of aromatic nitrogens is 1. The van der Waals surface area contributed by atoms with Crippen LogP contribution in [0.15, 0.2) is 48.8 Å². The van der Waals surface area contributed by atoms with Crippen LogP contribution in [0.3, 0.4) is 0 Å². The van der Waals surface area contributed by atoms with Crippen molar-refractivity contribution in [3.05, 3.63) is 59.9 Å². The lowest BCUT2D eigenvalue weighted by molar-refractivity contribution is 0.139. The van der Waals surface area contributed by atoms with Crippen LogP contribution >= 0.6 is 0 Å². The molecule has 5 heteroatoms. The molecule has 1 aromatic carbocycles. The third kappa shape index (κ3) is 4.80. The van der Waals surface area contributed by atoms with Gasteiger partial charge >= 0.3 is 6.09 Å². The summed E-state index contributed by atoms with van der Waals surface area (Å²) < 4.78 is 5.15. The number of pyridine rings is 1.